The first kappa shape index (κ1) is 12.9. The summed E-state index contributed by atoms with van der Waals surface area (Å²) < 4.78 is 5.40. The SMILES string of the molecule is N#CCCC1(c2ccc(-c3ccccc3)cc2)COC1. The van der Waals surface area contributed by atoms with Crippen LogP contribution in [0, 0.1) is 11.3 Å². The van der Waals surface area contributed by atoms with Crippen LogP contribution in [0.5, 0.6) is 0 Å². The lowest BCUT2D eigenvalue weighted by molar-refractivity contribution is -0.0636. The molecule has 0 spiro atoms. The molecule has 0 saturated carbocycles. The summed E-state index contributed by atoms with van der Waals surface area (Å²) in [4.78, 5) is 0. The van der Waals surface area contributed by atoms with Crippen molar-refractivity contribution in [2.24, 2.45) is 0 Å². The molecule has 2 aromatic carbocycles. The standard InChI is InChI=1S/C18H17NO/c19-12-4-11-18(13-20-14-18)17-9-7-16(8-10-17)15-5-2-1-3-6-15/h1-3,5-10H,4,11,13-14H2. The molecule has 0 bridgehead atoms. The van der Waals surface area contributed by atoms with E-state index in [0.717, 1.165) is 19.6 Å². The first-order valence-electron chi connectivity index (χ1n) is 6.95. The summed E-state index contributed by atoms with van der Waals surface area (Å²) in [5.41, 5.74) is 3.81. The van der Waals surface area contributed by atoms with Gasteiger partial charge in [-0.3, -0.25) is 0 Å². The molecule has 1 aliphatic heterocycles. The largest absolute Gasteiger partial charge is 0.379 e. The Morgan fingerprint density at radius 2 is 1.60 bits per heavy atom. The maximum atomic E-state index is 8.80. The predicted molar refractivity (Wildman–Crippen MR) is 79.2 cm³/mol. The zero-order valence-electron chi connectivity index (χ0n) is 11.4. The van der Waals surface area contributed by atoms with Crippen molar-refractivity contribution in [2.45, 2.75) is 18.3 Å². The molecule has 0 unspecified atom stereocenters. The van der Waals surface area contributed by atoms with E-state index < -0.39 is 0 Å². The summed E-state index contributed by atoms with van der Waals surface area (Å²) >= 11 is 0. The summed E-state index contributed by atoms with van der Waals surface area (Å²) in [6, 6.07) is 21.3. The Kier molecular flexibility index (Phi) is 3.54. The average molecular weight is 263 g/mol. The highest BCUT2D eigenvalue weighted by Crippen LogP contribution is 2.37. The van der Waals surface area contributed by atoms with Crippen molar-refractivity contribution < 1.29 is 4.74 Å². The molecule has 20 heavy (non-hydrogen) atoms. The van der Waals surface area contributed by atoms with Crippen LogP contribution < -0.4 is 0 Å². The summed E-state index contributed by atoms with van der Waals surface area (Å²) in [7, 11) is 0. The Morgan fingerprint density at radius 3 is 2.15 bits per heavy atom. The number of ether oxygens (including phenoxy) is 1. The van der Waals surface area contributed by atoms with E-state index >= 15 is 0 Å². The van der Waals surface area contributed by atoms with Crippen LogP contribution in [-0.2, 0) is 10.2 Å². The van der Waals surface area contributed by atoms with E-state index in [0.29, 0.717) is 6.42 Å². The number of nitrogens with zero attached hydrogens (tertiary/aromatic N) is 1. The molecule has 1 heterocycles. The van der Waals surface area contributed by atoms with E-state index in [9.17, 15) is 0 Å². The van der Waals surface area contributed by atoms with Crippen molar-refractivity contribution in [3.63, 3.8) is 0 Å². The van der Waals surface area contributed by atoms with Gasteiger partial charge in [-0.2, -0.15) is 5.26 Å². The summed E-state index contributed by atoms with van der Waals surface area (Å²) in [5, 5.41) is 8.80. The van der Waals surface area contributed by atoms with Gasteiger partial charge >= 0.3 is 0 Å². The number of rotatable bonds is 4. The fraction of sp³-hybridized carbons (Fsp3) is 0.278. The van der Waals surface area contributed by atoms with Crippen molar-refractivity contribution >= 4 is 0 Å². The molecule has 0 radical (unpaired) electrons. The van der Waals surface area contributed by atoms with E-state index in [2.05, 4.69) is 54.6 Å². The molecule has 0 aromatic heterocycles. The number of hydrogen-bond acceptors (Lipinski definition) is 2. The molecule has 1 fully saturated rings. The smallest absolute Gasteiger partial charge is 0.0622 e. The van der Waals surface area contributed by atoms with Crippen molar-refractivity contribution in [1.82, 2.24) is 0 Å². The normalized spacial score (nSPS) is 16.1. The fourth-order valence-electron chi connectivity index (χ4n) is 2.75. The van der Waals surface area contributed by atoms with E-state index in [4.69, 9.17) is 10.00 Å². The predicted octanol–water partition coefficient (Wildman–Crippen LogP) is 3.93. The van der Waals surface area contributed by atoms with Gasteiger partial charge in [0.25, 0.3) is 0 Å². The van der Waals surface area contributed by atoms with E-state index in [1.165, 1.54) is 16.7 Å². The maximum absolute atomic E-state index is 8.80. The molecule has 0 atom stereocenters. The van der Waals surface area contributed by atoms with E-state index in [1.54, 1.807) is 0 Å². The van der Waals surface area contributed by atoms with Gasteiger partial charge in [0.2, 0.25) is 0 Å². The molecular weight excluding hydrogens is 246 g/mol. The molecule has 100 valence electrons. The zero-order chi connectivity index (χ0) is 13.8. The van der Waals surface area contributed by atoms with Gasteiger partial charge in [0.05, 0.1) is 19.3 Å². The minimum atomic E-state index is 0.0605. The van der Waals surface area contributed by atoms with E-state index in [1.807, 2.05) is 6.07 Å². The van der Waals surface area contributed by atoms with Crippen LogP contribution in [0.3, 0.4) is 0 Å². The number of benzene rings is 2. The van der Waals surface area contributed by atoms with Crippen molar-refractivity contribution in [3.05, 3.63) is 60.2 Å². The fourth-order valence-corrected chi connectivity index (χ4v) is 2.75. The molecule has 2 aromatic rings. The lowest BCUT2D eigenvalue weighted by atomic mass is 9.75. The van der Waals surface area contributed by atoms with Crippen LogP contribution in [0.2, 0.25) is 0 Å². The lowest BCUT2D eigenvalue weighted by Crippen LogP contribution is -2.46. The Labute approximate surface area is 119 Å². The molecule has 2 heteroatoms. The first-order chi connectivity index (χ1) is 9.84. The second-order valence-electron chi connectivity index (χ2n) is 5.37. The van der Waals surface area contributed by atoms with Gasteiger partial charge in [-0.1, -0.05) is 54.6 Å². The molecule has 0 aliphatic carbocycles. The van der Waals surface area contributed by atoms with Crippen LogP contribution in [0.15, 0.2) is 54.6 Å². The number of hydrogen-bond donors (Lipinski definition) is 0. The minimum absolute atomic E-state index is 0.0605. The van der Waals surface area contributed by atoms with Gasteiger partial charge < -0.3 is 4.74 Å². The van der Waals surface area contributed by atoms with Crippen LogP contribution in [-0.4, -0.2) is 13.2 Å². The van der Waals surface area contributed by atoms with Crippen molar-refractivity contribution in [2.75, 3.05) is 13.2 Å². The highest BCUT2D eigenvalue weighted by atomic mass is 16.5. The van der Waals surface area contributed by atoms with Gasteiger partial charge in [-0.25, -0.2) is 0 Å². The molecule has 1 aliphatic rings. The molecule has 3 rings (SSSR count). The van der Waals surface area contributed by atoms with Crippen LogP contribution >= 0.6 is 0 Å². The highest BCUT2D eigenvalue weighted by Gasteiger charge is 2.39. The Morgan fingerprint density at radius 1 is 0.950 bits per heavy atom. The minimum Gasteiger partial charge on any atom is -0.379 e. The molecule has 0 amide bonds. The second-order valence-corrected chi connectivity index (χ2v) is 5.37. The van der Waals surface area contributed by atoms with E-state index in [-0.39, 0.29) is 5.41 Å². The first-order valence-corrected chi connectivity index (χ1v) is 6.95. The van der Waals surface area contributed by atoms with Gasteiger partial charge in [0.1, 0.15) is 0 Å². The van der Waals surface area contributed by atoms with Gasteiger partial charge in [0.15, 0.2) is 0 Å². The van der Waals surface area contributed by atoms with Crippen molar-refractivity contribution in [3.8, 4) is 17.2 Å². The Hall–Kier alpha value is -2.11. The zero-order valence-corrected chi connectivity index (χ0v) is 11.4. The third-order valence-electron chi connectivity index (χ3n) is 4.08. The average Bonchev–Trinajstić information content (AvgIpc) is 2.48. The van der Waals surface area contributed by atoms with Crippen LogP contribution in [0.4, 0.5) is 0 Å². The van der Waals surface area contributed by atoms with Crippen LogP contribution in [0.1, 0.15) is 18.4 Å². The van der Waals surface area contributed by atoms with Crippen molar-refractivity contribution in [1.29, 1.82) is 5.26 Å². The summed E-state index contributed by atoms with van der Waals surface area (Å²) in [6.45, 7) is 1.47. The topological polar surface area (TPSA) is 33.0 Å². The molecule has 1 saturated heterocycles. The monoisotopic (exact) mass is 263 g/mol. The van der Waals surface area contributed by atoms with Crippen LogP contribution in [0.25, 0.3) is 11.1 Å². The molecule has 0 N–H and O–H groups in total. The number of nitriles is 1. The lowest BCUT2D eigenvalue weighted by Gasteiger charge is -2.41. The van der Waals surface area contributed by atoms with Gasteiger partial charge in [-0.15, -0.1) is 0 Å². The molecular formula is C18H17NO. The third kappa shape index (κ3) is 2.33. The molecule has 2 nitrogen and oxygen atoms in total. The van der Waals surface area contributed by atoms with Gasteiger partial charge in [0, 0.05) is 11.8 Å². The third-order valence-corrected chi connectivity index (χ3v) is 4.08. The Balaban J connectivity index is 1.84. The summed E-state index contributed by atoms with van der Waals surface area (Å²) in [6.07, 6.45) is 1.47. The highest BCUT2D eigenvalue weighted by molar-refractivity contribution is 5.63. The Bertz CT molecular complexity index is 606. The summed E-state index contributed by atoms with van der Waals surface area (Å²) in [5.74, 6) is 0. The van der Waals surface area contributed by atoms with Gasteiger partial charge in [-0.05, 0) is 23.1 Å². The second kappa shape index (κ2) is 5.48. The maximum Gasteiger partial charge on any atom is 0.0622 e. The quantitative estimate of drug-likeness (QED) is 0.837.